The van der Waals surface area contributed by atoms with Crippen LogP contribution in [-0.2, 0) is 11.3 Å². The second-order valence-electron chi connectivity index (χ2n) is 4.41. The van der Waals surface area contributed by atoms with Crippen LogP contribution in [0.4, 0.5) is 5.69 Å². The maximum absolute atomic E-state index is 10.7. The van der Waals surface area contributed by atoms with Gasteiger partial charge < -0.3 is 10.0 Å². The van der Waals surface area contributed by atoms with Crippen molar-refractivity contribution in [3.63, 3.8) is 0 Å². The first-order valence-corrected chi connectivity index (χ1v) is 7.69. The lowest BCUT2D eigenvalue weighted by molar-refractivity contribution is -0.131. The van der Waals surface area contributed by atoms with Gasteiger partial charge in [-0.15, -0.1) is 11.3 Å². The summed E-state index contributed by atoms with van der Waals surface area (Å²) in [6.45, 7) is 0.672. The van der Waals surface area contributed by atoms with E-state index in [1.807, 2.05) is 36.2 Å². The average molecular weight is 342 g/mol. The fourth-order valence-electron chi connectivity index (χ4n) is 1.93. The van der Waals surface area contributed by atoms with E-state index in [9.17, 15) is 4.79 Å². The van der Waals surface area contributed by atoms with E-state index in [0.717, 1.165) is 21.0 Å². The highest BCUT2D eigenvalue weighted by Gasteiger charge is 2.10. The van der Waals surface area contributed by atoms with Gasteiger partial charge >= 0.3 is 5.97 Å². The van der Waals surface area contributed by atoms with Crippen molar-refractivity contribution in [1.82, 2.24) is 0 Å². The van der Waals surface area contributed by atoms with Crippen molar-refractivity contribution in [3.8, 4) is 0 Å². The molecule has 3 nitrogen and oxygen atoms in total. The van der Waals surface area contributed by atoms with Crippen molar-refractivity contribution in [2.45, 2.75) is 6.54 Å². The van der Waals surface area contributed by atoms with Gasteiger partial charge in [0.25, 0.3) is 0 Å². The summed E-state index contributed by atoms with van der Waals surface area (Å²) in [7, 11) is 1.93. The van der Waals surface area contributed by atoms with E-state index in [0.29, 0.717) is 17.1 Å². The van der Waals surface area contributed by atoms with Gasteiger partial charge in [0.1, 0.15) is 0 Å². The molecule has 2 aromatic rings. The molecule has 0 aliphatic heterocycles. The zero-order valence-electron chi connectivity index (χ0n) is 11.2. The summed E-state index contributed by atoms with van der Waals surface area (Å²) >= 11 is 13.6. The van der Waals surface area contributed by atoms with Crippen LogP contribution >= 0.6 is 34.5 Å². The summed E-state index contributed by atoms with van der Waals surface area (Å²) in [4.78, 5) is 13.8. The lowest BCUT2D eigenvalue weighted by Gasteiger charge is -2.21. The molecule has 0 fully saturated rings. The molecule has 1 aromatic heterocycles. The number of rotatable bonds is 5. The number of carbonyl (C=O) groups is 1. The molecular formula is C15H13Cl2NO2S. The van der Waals surface area contributed by atoms with Gasteiger partial charge in [0.2, 0.25) is 0 Å². The molecule has 1 aromatic carbocycles. The van der Waals surface area contributed by atoms with Crippen molar-refractivity contribution < 1.29 is 9.90 Å². The molecule has 2 rings (SSSR count). The van der Waals surface area contributed by atoms with Gasteiger partial charge in [0.05, 0.1) is 10.9 Å². The monoisotopic (exact) mass is 341 g/mol. The minimum atomic E-state index is -1.01. The van der Waals surface area contributed by atoms with E-state index in [1.54, 1.807) is 6.07 Å². The molecule has 0 spiro atoms. The Morgan fingerprint density at radius 3 is 2.71 bits per heavy atom. The minimum Gasteiger partial charge on any atom is -0.478 e. The molecule has 110 valence electrons. The fourth-order valence-corrected chi connectivity index (χ4v) is 3.31. The van der Waals surface area contributed by atoms with E-state index in [1.165, 1.54) is 17.4 Å². The van der Waals surface area contributed by atoms with Crippen LogP contribution in [0.5, 0.6) is 0 Å². The van der Waals surface area contributed by atoms with Crippen molar-refractivity contribution in [2.24, 2.45) is 0 Å². The Bertz CT molecular complexity index is 682. The number of halogens is 2. The predicted molar refractivity (Wildman–Crippen MR) is 89.6 cm³/mol. The summed E-state index contributed by atoms with van der Waals surface area (Å²) in [5.41, 5.74) is 1.55. The van der Waals surface area contributed by atoms with Gasteiger partial charge in [-0.3, -0.25) is 0 Å². The van der Waals surface area contributed by atoms with Crippen LogP contribution in [-0.4, -0.2) is 18.1 Å². The Morgan fingerprint density at radius 1 is 1.33 bits per heavy atom. The molecule has 1 N–H and O–H groups in total. The van der Waals surface area contributed by atoms with E-state index in [2.05, 4.69) is 0 Å². The largest absolute Gasteiger partial charge is 0.478 e. The van der Waals surface area contributed by atoms with Crippen LogP contribution in [0.1, 0.15) is 10.4 Å². The molecule has 21 heavy (non-hydrogen) atoms. The normalized spacial score (nSPS) is 11.0. The summed E-state index contributed by atoms with van der Waals surface area (Å²) < 4.78 is 0.746. The molecule has 0 radical (unpaired) electrons. The lowest BCUT2D eigenvalue weighted by Crippen LogP contribution is -2.16. The second kappa shape index (κ2) is 6.98. The predicted octanol–water partition coefficient (Wildman–Crippen LogP) is 4.79. The summed E-state index contributed by atoms with van der Waals surface area (Å²) in [5.74, 6) is -1.01. The molecule has 0 unspecified atom stereocenters. The third-order valence-electron chi connectivity index (χ3n) is 2.86. The minimum absolute atomic E-state index is 0.515. The smallest absolute Gasteiger partial charge is 0.328 e. The number of carboxylic acids is 1. The fraction of sp³-hybridized carbons (Fsp3) is 0.133. The average Bonchev–Trinajstić information content (AvgIpc) is 2.82. The second-order valence-corrected chi connectivity index (χ2v) is 6.61. The maximum Gasteiger partial charge on any atom is 0.328 e. The first-order valence-electron chi connectivity index (χ1n) is 6.12. The van der Waals surface area contributed by atoms with Crippen LogP contribution in [0.3, 0.4) is 0 Å². The Labute approximate surface area is 137 Å². The van der Waals surface area contributed by atoms with E-state index < -0.39 is 5.97 Å². The number of aliphatic carboxylic acids is 1. The van der Waals surface area contributed by atoms with Crippen LogP contribution in [0.2, 0.25) is 9.36 Å². The number of benzene rings is 1. The Morgan fingerprint density at radius 2 is 2.10 bits per heavy atom. The highest BCUT2D eigenvalue weighted by Crippen LogP contribution is 2.30. The van der Waals surface area contributed by atoms with E-state index in [-0.39, 0.29) is 0 Å². The van der Waals surface area contributed by atoms with Crippen molar-refractivity contribution in [3.05, 3.63) is 56.2 Å². The van der Waals surface area contributed by atoms with Crippen LogP contribution in [0.15, 0.2) is 36.4 Å². The summed E-state index contributed by atoms with van der Waals surface area (Å²) in [5, 5.41) is 9.29. The number of nitrogens with zero attached hydrogens (tertiary/aromatic N) is 1. The lowest BCUT2D eigenvalue weighted by atomic mass is 10.1. The van der Waals surface area contributed by atoms with Gasteiger partial charge in [-0.05, 0) is 30.3 Å². The third kappa shape index (κ3) is 4.24. The topological polar surface area (TPSA) is 40.5 Å². The van der Waals surface area contributed by atoms with Crippen molar-refractivity contribution >= 4 is 52.3 Å². The van der Waals surface area contributed by atoms with Gasteiger partial charge in [-0.25, -0.2) is 4.79 Å². The quantitative estimate of drug-likeness (QED) is 0.795. The van der Waals surface area contributed by atoms with Crippen LogP contribution in [0.25, 0.3) is 6.08 Å². The molecule has 1 heterocycles. The highest BCUT2D eigenvalue weighted by atomic mass is 35.5. The molecule has 0 amide bonds. The van der Waals surface area contributed by atoms with Gasteiger partial charge in [0.15, 0.2) is 0 Å². The molecule has 0 aliphatic rings. The number of carboxylic acid groups (broad SMARTS) is 1. The molecule has 0 aliphatic carbocycles. The maximum atomic E-state index is 10.7. The summed E-state index contributed by atoms with van der Waals surface area (Å²) in [6, 6.07) is 9.32. The standard InChI is InChI=1S/C15H13Cl2NO2S/c1-18(9-10-5-7-14(17)21-10)13-4-2-3-12(16)11(13)6-8-15(19)20/h2-8H,9H2,1H3,(H,19,20). The third-order valence-corrected chi connectivity index (χ3v) is 4.40. The SMILES string of the molecule is CN(Cc1ccc(Cl)s1)c1cccc(Cl)c1C=CC(=O)O. The van der Waals surface area contributed by atoms with Gasteiger partial charge in [0, 0.05) is 34.3 Å². The molecule has 0 atom stereocenters. The summed E-state index contributed by atoms with van der Waals surface area (Å²) in [6.07, 6.45) is 2.60. The molecule has 0 saturated carbocycles. The molecular weight excluding hydrogens is 329 g/mol. The Hall–Kier alpha value is -1.49. The number of hydrogen-bond donors (Lipinski definition) is 1. The molecule has 0 bridgehead atoms. The van der Waals surface area contributed by atoms with Gasteiger partial charge in [-0.2, -0.15) is 0 Å². The number of anilines is 1. The van der Waals surface area contributed by atoms with Crippen LogP contribution < -0.4 is 4.90 Å². The number of thiophene rings is 1. The number of hydrogen-bond acceptors (Lipinski definition) is 3. The first-order chi connectivity index (χ1) is 9.97. The molecule has 0 saturated heterocycles. The highest BCUT2D eigenvalue weighted by molar-refractivity contribution is 7.16. The van der Waals surface area contributed by atoms with Crippen molar-refractivity contribution in [2.75, 3.05) is 11.9 Å². The Balaban J connectivity index is 2.29. The zero-order chi connectivity index (χ0) is 15.4. The van der Waals surface area contributed by atoms with Crippen molar-refractivity contribution in [1.29, 1.82) is 0 Å². The van der Waals surface area contributed by atoms with Gasteiger partial charge in [-0.1, -0.05) is 29.3 Å². The van der Waals surface area contributed by atoms with E-state index >= 15 is 0 Å². The zero-order valence-corrected chi connectivity index (χ0v) is 13.5. The van der Waals surface area contributed by atoms with E-state index in [4.69, 9.17) is 28.3 Å². The van der Waals surface area contributed by atoms with Crippen LogP contribution in [0, 0.1) is 0 Å². The molecule has 6 heteroatoms. The first kappa shape index (κ1) is 15.9. The Kier molecular flexibility index (Phi) is 5.28.